The second-order valence-electron chi connectivity index (χ2n) is 3.07. The van der Waals surface area contributed by atoms with E-state index in [0.717, 1.165) is 25.7 Å². The quantitative estimate of drug-likeness (QED) is 0.496. The fraction of sp³-hybridized carbons (Fsp3) is 0.750. The van der Waals surface area contributed by atoms with Gasteiger partial charge in [-0.1, -0.05) is 12.8 Å². The molecule has 0 saturated heterocycles. The molecule has 0 aromatic rings. The van der Waals surface area contributed by atoms with Gasteiger partial charge in [0, 0.05) is 6.42 Å². The molecule has 62 valence electrons. The minimum Gasteiger partial charge on any atom is -0.231 e. The fourth-order valence-corrected chi connectivity index (χ4v) is 2.55. The van der Waals surface area contributed by atoms with Crippen LogP contribution in [-0.2, 0) is 10.7 Å². The molecule has 0 amide bonds. The predicted molar refractivity (Wildman–Crippen MR) is 45.0 cm³/mol. The summed E-state index contributed by atoms with van der Waals surface area (Å²) in [5, 5.41) is 0. The van der Waals surface area contributed by atoms with Crippen LogP contribution in [0.4, 0.5) is 0 Å². The van der Waals surface area contributed by atoms with Crippen molar-refractivity contribution in [1.29, 1.82) is 0 Å². The number of thiol groups is 1. The van der Waals surface area contributed by atoms with Gasteiger partial charge < -0.3 is 0 Å². The van der Waals surface area contributed by atoms with Crippen LogP contribution in [0.3, 0.4) is 0 Å². The van der Waals surface area contributed by atoms with E-state index in [1.165, 1.54) is 0 Å². The van der Waals surface area contributed by atoms with Crippen molar-refractivity contribution in [2.24, 2.45) is 0 Å². The first-order valence-electron chi connectivity index (χ1n) is 3.79. The van der Waals surface area contributed by atoms with Crippen molar-refractivity contribution in [2.75, 3.05) is 0 Å². The standard InChI is InChI=1S/C8H12O2S/c1-2-5-8(11(9)10)6-3-4-7-8/h1,11H,3-7H2. The number of hydrogen-bond donors (Lipinski definition) is 1. The second-order valence-corrected chi connectivity index (χ2v) is 4.53. The summed E-state index contributed by atoms with van der Waals surface area (Å²) in [5.41, 5.74) is 0. The predicted octanol–water partition coefficient (Wildman–Crippen LogP) is 0.934. The molecule has 0 spiro atoms. The Bertz CT molecular complexity index is 233. The van der Waals surface area contributed by atoms with Crippen LogP contribution in [0.15, 0.2) is 0 Å². The van der Waals surface area contributed by atoms with Crippen LogP contribution in [0, 0.1) is 12.3 Å². The van der Waals surface area contributed by atoms with Gasteiger partial charge in [-0.05, 0) is 12.8 Å². The summed E-state index contributed by atoms with van der Waals surface area (Å²) in [6.45, 7) is 0. The van der Waals surface area contributed by atoms with E-state index in [-0.39, 0.29) is 0 Å². The average molecular weight is 172 g/mol. The summed E-state index contributed by atoms with van der Waals surface area (Å²) >= 11 is 0. The normalized spacial score (nSPS) is 21.8. The van der Waals surface area contributed by atoms with E-state index in [4.69, 9.17) is 6.42 Å². The third kappa shape index (κ3) is 1.57. The monoisotopic (exact) mass is 172 g/mol. The molecule has 0 unspecified atom stereocenters. The van der Waals surface area contributed by atoms with Gasteiger partial charge in [0.1, 0.15) is 10.7 Å². The lowest BCUT2D eigenvalue weighted by atomic mass is 10.0. The van der Waals surface area contributed by atoms with Crippen LogP contribution in [0.25, 0.3) is 0 Å². The summed E-state index contributed by atoms with van der Waals surface area (Å²) < 4.78 is 21.2. The van der Waals surface area contributed by atoms with E-state index in [9.17, 15) is 8.42 Å². The first kappa shape index (κ1) is 8.61. The summed E-state index contributed by atoms with van der Waals surface area (Å²) in [7, 11) is -2.33. The van der Waals surface area contributed by atoms with E-state index in [1.807, 2.05) is 0 Å². The van der Waals surface area contributed by atoms with Crippen LogP contribution < -0.4 is 0 Å². The zero-order valence-corrected chi connectivity index (χ0v) is 7.27. The maximum Gasteiger partial charge on any atom is 0.146 e. The van der Waals surface area contributed by atoms with Crippen molar-refractivity contribution in [3.8, 4) is 12.3 Å². The number of rotatable bonds is 2. The third-order valence-corrected chi connectivity index (χ3v) is 3.73. The fourth-order valence-electron chi connectivity index (χ4n) is 1.65. The average Bonchev–Trinajstić information content (AvgIpc) is 2.38. The van der Waals surface area contributed by atoms with Crippen LogP contribution in [0.5, 0.6) is 0 Å². The first-order chi connectivity index (χ1) is 5.21. The molecule has 0 bridgehead atoms. The summed E-state index contributed by atoms with van der Waals surface area (Å²) in [5.74, 6) is 2.45. The Morgan fingerprint density at radius 1 is 1.36 bits per heavy atom. The summed E-state index contributed by atoms with van der Waals surface area (Å²) in [6, 6.07) is 0. The molecule has 1 saturated carbocycles. The van der Waals surface area contributed by atoms with Gasteiger partial charge in [-0.3, -0.25) is 0 Å². The molecule has 0 N–H and O–H groups in total. The maximum absolute atomic E-state index is 10.9. The van der Waals surface area contributed by atoms with Gasteiger partial charge in [-0.2, -0.15) is 0 Å². The van der Waals surface area contributed by atoms with E-state index in [1.54, 1.807) is 0 Å². The van der Waals surface area contributed by atoms with Crippen molar-refractivity contribution in [3.05, 3.63) is 0 Å². The van der Waals surface area contributed by atoms with E-state index in [2.05, 4.69) is 5.92 Å². The smallest absolute Gasteiger partial charge is 0.146 e. The topological polar surface area (TPSA) is 34.1 Å². The Hall–Kier alpha value is -0.490. The van der Waals surface area contributed by atoms with Crippen molar-refractivity contribution >= 4 is 10.7 Å². The highest BCUT2D eigenvalue weighted by Gasteiger charge is 2.36. The molecular formula is C8H12O2S. The van der Waals surface area contributed by atoms with E-state index >= 15 is 0 Å². The van der Waals surface area contributed by atoms with Gasteiger partial charge in [0.15, 0.2) is 0 Å². The van der Waals surface area contributed by atoms with Crippen molar-refractivity contribution in [1.82, 2.24) is 0 Å². The Kier molecular flexibility index (Phi) is 2.56. The lowest BCUT2D eigenvalue weighted by Gasteiger charge is -2.17. The molecule has 0 atom stereocenters. The van der Waals surface area contributed by atoms with Crippen LogP contribution in [0.1, 0.15) is 32.1 Å². The molecule has 1 aliphatic rings. The Balaban J connectivity index is 2.80. The summed E-state index contributed by atoms with van der Waals surface area (Å²) in [6.07, 6.45) is 9.04. The molecule has 2 nitrogen and oxygen atoms in total. The van der Waals surface area contributed by atoms with Gasteiger partial charge in [-0.15, -0.1) is 12.3 Å². The van der Waals surface area contributed by atoms with E-state index < -0.39 is 15.5 Å². The minimum absolute atomic E-state index is 0.395. The highest BCUT2D eigenvalue weighted by atomic mass is 32.2. The van der Waals surface area contributed by atoms with Gasteiger partial charge in [0.2, 0.25) is 0 Å². The number of terminal acetylenes is 1. The zero-order chi connectivity index (χ0) is 8.32. The summed E-state index contributed by atoms with van der Waals surface area (Å²) in [4.78, 5) is 0. The van der Waals surface area contributed by atoms with Gasteiger partial charge in [0.25, 0.3) is 0 Å². The molecule has 0 aromatic heterocycles. The lowest BCUT2D eigenvalue weighted by molar-refractivity contribution is 0.535. The molecule has 0 radical (unpaired) electrons. The largest absolute Gasteiger partial charge is 0.231 e. The molecule has 0 aromatic carbocycles. The molecule has 1 aliphatic carbocycles. The van der Waals surface area contributed by atoms with Crippen molar-refractivity contribution in [2.45, 2.75) is 36.9 Å². The highest BCUT2D eigenvalue weighted by molar-refractivity contribution is 7.74. The Morgan fingerprint density at radius 2 is 1.91 bits per heavy atom. The Morgan fingerprint density at radius 3 is 2.27 bits per heavy atom. The van der Waals surface area contributed by atoms with Gasteiger partial charge in [-0.25, -0.2) is 8.42 Å². The first-order valence-corrected chi connectivity index (χ1v) is 4.97. The zero-order valence-electron chi connectivity index (χ0n) is 6.38. The molecule has 1 rings (SSSR count). The van der Waals surface area contributed by atoms with Gasteiger partial charge in [0.05, 0.1) is 4.75 Å². The molecular weight excluding hydrogens is 160 g/mol. The molecule has 1 fully saturated rings. The molecule has 3 heteroatoms. The van der Waals surface area contributed by atoms with Crippen LogP contribution in [-0.4, -0.2) is 13.2 Å². The maximum atomic E-state index is 10.9. The van der Waals surface area contributed by atoms with Crippen LogP contribution in [0.2, 0.25) is 0 Å². The van der Waals surface area contributed by atoms with Crippen molar-refractivity contribution < 1.29 is 8.42 Å². The SMILES string of the molecule is C#CCC1([SH](=O)=O)CCCC1. The van der Waals surface area contributed by atoms with E-state index in [0.29, 0.717) is 6.42 Å². The molecule has 0 aliphatic heterocycles. The minimum atomic E-state index is -2.33. The van der Waals surface area contributed by atoms with Crippen molar-refractivity contribution in [3.63, 3.8) is 0 Å². The number of hydrogen-bond acceptors (Lipinski definition) is 2. The Labute approximate surface area is 68.9 Å². The van der Waals surface area contributed by atoms with Crippen LogP contribution >= 0.6 is 0 Å². The highest BCUT2D eigenvalue weighted by Crippen LogP contribution is 2.35. The molecule has 0 heterocycles. The lowest BCUT2D eigenvalue weighted by Crippen LogP contribution is -2.25. The second kappa shape index (κ2) is 3.27. The molecule has 11 heavy (non-hydrogen) atoms. The third-order valence-electron chi connectivity index (χ3n) is 2.35. The van der Waals surface area contributed by atoms with Gasteiger partial charge >= 0.3 is 0 Å².